The predicted octanol–water partition coefficient (Wildman–Crippen LogP) is 3.07. The molecular formula is C9H6F6O2. The summed E-state index contributed by atoms with van der Waals surface area (Å²) in [5.74, 6) is -2.35. The summed E-state index contributed by atoms with van der Waals surface area (Å²) in [6, 6.07) is 0. The van der Waals surface area contributed by atoms with E-state index in [2.05, 4.69) is 0 Å². The van der Waals surface area contributed by atoms with E-state index in [1.165, 1.54) is 0 Å². The third-order valence-corrected chi connectivity index (χ3v) is 2.35. The molecule has 17 heavy (non-hydrogen) atoms. The largest absolute Gasteiger partial charge is 0.480 e. The molecule has 1 N–H and O–H groups in total. The lowest BCUT2D eigenvalue weighted by molar-refractivity contribution is -0.217. The van der Waals surface area contributed by atoms with Gasteiger partial charge in [-0.15, -0.1) is 0 Å². The molecule has 0 aromatic carbocycles. The second-order valence-corrected chi connectivity index (χ2v) is 3.48. The van der Waals surface area contributed by atoms with Gasteiger partial charge in [0.25, 0.3) is 0 Å². The van der Waals surface area contributed by atoms with Crippen molar-refractivity contribution in [1.29, 1.82) is 0 Å². The molecule has 1 aliphatic carbocycles. The molecule has 0 heterocycles. The van der Waals surface area contributed by atoms with Crippen LogP contribution < -0.4 is 0 Å². The summed E-state index contributed by atoms with van der Waals surface area (Å²) in [5.41, 5.74) is -5.12. The molecule has 0 bridgehead atoms. The number of carboxylic acid groups (broad SMARTS) is 1. The normalized spacial score (nSPS) is 25.6. The molecule has 0 saturated carbocycles. The summed E-state index contributed by atoms with van der Waals surface area (Å²) in [5, 5.41) is 8.54. The Hall–Kier alpha value is -1.47. The number of hydrogen-bond donors (Lipinski definition) is 1. The van der Waals surface area contributed by atoms with Crippen LogP contribution in [0.15, 0.2) is 23.8 Å². The topological polar surface area (TPSA) is 37.3 Å². The molecule has 1 rings (SSSR count). The Balaban J connectivity index is 3.34. The minimum atomic E-state index is -5.29. The van der Waals surface area contributed by atoms with E-state index in [4.69, 9.17) is 5.11 Å². The van der Waals surface area contributed by atoms with Crippen molar-refractivity contribution in [2.24, 2.45) is 5.41 Å². The molecule has 0 spiro atoms. The Morgan fingerprint density at radius 2 is 1.76 bits per heavy atom. The van der Waals surface area contributed by atoms with Crippen LogP contribution in [0.3, 0.4) is 0 Å². The van der Waals surface area contributed by atoms with Gasteiger partial charge >= 0.3 is 18.3 Å². The molecule has 0 fully saturated rings. The van der Waals surface area contributed by atoms with Gasteiger partial charge in [0.05, 0.1) is 5.57 Å². The maximum atomic E-state index is 12.6. The zero-order valence-corrected chi connectivity index (χ0v) is 8.06. The lowest BCUT2D eigenvalue weighted by Gasteiger charge is -2.30. The average Bonchev–Trinajstić information content (AvgIpc) is 2.14. The van der Waals surface area contributed by atoms with Gasteiger partial charge in [-0.1, -0.05) is 12.2 Å². The fourth-order valence-corrected chi connectivity index (χ4v) is 1.39. The quantitative estimate of drug-likeness (QED) is 0.735. The molecule has 2 nitrogen and oxygen atoms in total. The van der Waals surface area contributed by atoms with Crippen molar-refractivity contribution in [3.05, 3.63) is 23.8 Å². The number of aliphatic carboxylic acids is 1. The van der Waals surface area contributed by atoms with Crippen molar-refractivity contribution in [3.8, 4) is 0 Å². The molecule has 1 unspecified atom stereocenters. The van der Waals surface area contributed by atoms with E-state index in [0.29, 0.717) is 12.2 Å². The molecule has 0 saturated heterocycles. The third-order valence-electron chi connectivity index (χ3n) is 2.35. The van der Waals surface area contributed by atoms with Crippen molar-refractivity contribution in [2.75, 3.05) is 0 Å². The first-order chi connectivity index (χ1) is 7.51. The van der Waals surface area contributed by atoms with Crippen molar-refractivity contribution < 1.29 is 36.2 Å². The number of rotatable bonds is 1. The zero-order valence-electron chi connectivity index (χ0n) is 8.06. The van der Waals surface area contributed by atoms with Crippen LogP contribution >= 0.6 is 0 Å². The Morgan fingerprint density at radius 1 is 1.24 bits per heavy atom. The van der Waals surface area contributed by atoms with Gasteiger partial charge in [-0.05, 0) is 12.5 Å². The Bertz CT molecular complexity index is 389. The lowest BCUT2D eigenvalue weighted by Crippen LogP contribution is -2.44. The third kappa shape index (κ3) is 2.29. The van der Waals surface area contributed by atoms with Gasteiger partial charge in [0.2, 0.25) is 0 Å². The minimum Gasteiger partial charge on any atom is -0.480 e. The molecule has 0 amide bonds. The fourth-order valence-electron chi connectivity index (χ4n) is 1.39. The Labute approximate surface area is 91.2 Å². The molecule has 1 atom stereocenters. The number of hydrogen-bond acceptors (Lipinski definition) is 1. The second-order valence-electron chi connectivity index (χ2n) is 3.48. The Morgan fingerprint density at radius 3 is 2.12 bits per heavy atom. The van der Waals surface area contributed by atoms with E-state index < -0.39 is 35.7 Å². The van der Waals surface area contributed by atoms with E-state index in [1.54, 1.807) is 0 Å². The van der Waals surface area contributed by atoms with Crippen LogP contribution in [-0.2, 0) is 4.79 Å². The maximum absolute atomic E-state index is 12.6. The minimum absolute atomic E-state index is 0.282. The van der Waals surface area contributed by atoms with Crippen LogP contribution in [0, 0.1) is 5.41 Å². The summed E-state index contributed by atoms with van der Waals surface area (Å²) in [6.07, 6.45) is -10.6. The summed E-state index contributed by atoms with van der Waals surface area (Å²) in [7, 11) is 0. The van der Waals surface area contributed by atoms with Crippen molar-refractivity contribution >= 4 is 5.97 Å². The number of alkyl halides is 6. The molecule has 8 heteroatoms. The van der Waals surface area contributed by atoms with E-state index in [0.717, 1.165) is 0 Å². The molecular weight excluding hydrogens is 254 g/mol. The molecule has 0 aromatic rings. The fraction of sp³-hybridized carbons (Fsp3) is 0.444. The highest BCUT2D eigenvalue weighted by Gasteiger charge is 2.60. The standard InChI is InChI=1S/C9H6F6O2/c10-8(11,12)5-2-1-3-7(4-5,6(16)17)9(13,14)15/h1-2,4H,3H2,(H,16,17). The zero-order chi connectivity index (χ0) is 13.5. The van der Waals surface area contributed by atoms with Gasteiger partial charge in [0.15, 0.2) is 5.41 Å². The molecule has 1 aliphatic rings. The highest BCUT2D eigenvalue weighted by molar-refractivity contribution is 5.79. The van der Waals surface area contributed by atoms with Crippen molar-refractivity contribution in [2.45, 2.75) is 18.8 Å². The summed E-state index contributed by atoms with van der Waals surface area (Å²) >= 11 is 0. The molecule has 0 aromatic heterocycles. The van der Waals surface area contributed by atoms with Gasteiger partial charge in [0.1, 0.15) is 0 Å². The van der Waals surface area contributed by atoms with Gasteiger partial charge in [-0.2, -0.15) is 26.3 Å². The van der Waals surface area contributed by atoms with Crippen molar-refractivity contribution in [1.82, 2.24) is 0 Å². The number of carboxylic acids is 1. The van der Waals surface area contributed by atoms with Gasteiger partial charge in [-0.25, -0.2) is 0 Å². The SMILES string of the molecule is O=C(O)C1(C(F)(F)F)C=C(C(F)(F)F)C=CC1. The van der Waals surface area contributed by atoms with E-state index >= 15 is 0 Å². The number of halogens is 6. The van der Waals surface area contributed by atoms with E-state index in [-0.39, 0.29) is 6.08 Å². The number of allylic oxidation sites excluding steroid dienone is 3. The first-order valence-corrected chi connectivity index (χ1v) is 4.27. The lowest BCUT2D eigenvalue weighted by atomic mass is 9.78. The van der Waals surface area contributed by atoms with Gasteiger partial charge in [0, 0.05) is 0 Å². The number of carbonyl (C=O) groups is 1. The van der Waals surface area contributed by atoms with Crippen LogP contribution in [0.1, 0.15) is 6.42 Å². The predicted molar refractivity (Wildman–Crippen MR) is 44.0 cm³/mol. The van der Waals surface area contributed by atoms with E-state index in [9.17, 15) is 31.1 Å². The Kier molecular flexibility index (Phi) is 3.02. The summed E-state index contributed by atoms with van der Waals surface area (Å²) in [6.45, 7) is 0. The second kappa shape index (κ2) is 3.78. The molecule has 0 aliphatic heterocycles. The van der Waals surface area contributed by atoms with Crippen LogP contribution in [0.5, 0.6) is 0 Å². The van der Waals surface area contributed by atoms with E-state index in [1.807, 2.05) is 0 Å². The monoisotopic (exact) mass is 260 g/mol. The first-order valence-electron chi connectivity index (χ1n) is 4.27. The first kappa shape index (κ1) is 13.6. The molecule has 96 valence electrons. The smallest absolute Gasteiger partial charge is 0.416 e. The highest BCUT2D eigenvalue weighted by Crippen LogP contribution is 2.47. The van der Waals surface area contributed by atoms with Gasteiger partial charge < -0.3 is 5.11 Å². The average molecular weight is 260 g/mol. The van der Waals surface area contributed by atoms with Crippen LogP contribution in [0.2, 0.25) is 0 Å². The van der Waals surface area contributed by atoms with Crippen LogP contribution in [-0.4, -0.2) is 23.4 Å². The highest BCUT2D eigenvalue weighted by atomic mass is 19.4. The molecule has 0 radical (unpaired) electrons. The summed E-state index contributed by atoms with van der Waals surface area (Å²) in [4.78, 5) is 10.6. The van der Waals surface area contributed by atoms with Crippen molar-refractivity contribution in [3.63, 3.8) is 0 Å². The maximum Gasteiger partial charge on any atom is 0.416 e. The van der Waals surface area contributed by atoms with Crippen LogP contribution in [0.25, 0.3) is 0 Å². The summed E-state index contributed by atoms with van der Waals surface area (Å²) < 4.78 is 74.5. The van der Waals surface area contributed by atoms with Crippen LogP contribution in [0.4, 0.5) is 26.3 Å². The van der Waals surface area contributed by atoms with Gasteiger partial charge in [-0.3, -0.25) is 4.79 Å².